The van der Waals surface area contributed by atoms with Crippen molar-refractivity contribution in [1.29, 1.82) is 0 Å². The Balaban J connectivity index is 2.31. The summed E-state index contributed by atoms with van der Waals surface area (Å²) in [7, 11) is -3.85. The lowest BCUT2D eigenvalue weighted by atomic mass is 10.1. The van der Waals surface area contributed by atoms with Crippen molar-refractivity contribution < 1.29 is 13.2 Å². The van der Waals surface area contributed by atoms with Gasteiger partial charge >= 0.3 is 0 Å². The molecule has 5 nitrogen and oxygen atoms in total. The number of hydrogen-bond donors (Lipinski definition) is 1. The number of amides is 1. The van der Waals surface area contributed by atoms with Crippen LogP contribution in [0.2, 0.25) is 5.02 Å². The number of nitrogens with one attached hydrogen (secondary N) is 1. The molecule has 0 radical (unpaired) electrons. The van der Waals surface area contributed by atoms with Gasteiger partial charge in [-0.15, -0.1) is 0 Å². The molecule has 1 N–H and O–H groups in total. The Morgan fingerprint density at radius 1 is 1.11 bits per heavy atom. The summed E-state index contributed by atoms with van der Waals surface area (Å²) in [6.45, 7) is 5.67. The maximum Gasteiger partial charge on any atom is 0.243 e. The standard InChI is InChI=1S/C20H25ClN2O3S/c1-4-16(3)22-20(24)14-23(13-17-7-5-15(2)6-8-17)27(25,26)19-11-9-18(21)10-12-19/h5-12,16H,4,13-14H2,1-3H3,(H,22,24)/t16-/m0/s1. The first-order chi connectivity index (χ1) is 12.7. The molecule has 2 rings (SSSR count). The molecule has 146 valence electrons. The van der Waals surface area contributed by atoms with Gasteiger partial charge in [-0.3, -0.25) is 4.79 Å². The molecule has 0 fully saturated rings. The van der Waals surface area contributed by atoms with Crippen LogP contribution >= 0.6 is 11.6 Å². The normalized spacial score (nSPS) is 12.8. The molecule has 0 unspecified atom stereocenters. The first-order valence-corrected chi connectivity index (χ1v) is 10.6. The summed E-state index contributed by atoms with van der Waals surface area (Å²) in [5, 5.41) is 3.27. The van der Waals surface area contributed by atoms with Crippen LogP contribution in [0.3, 0.4) is 0 Å². The molecule has 0 aliphatic rings. The number of hydrogen-bond acceptors (Lipinski definition) is 3. The van der Waals surface area contributed by atoms with E-state index >= 15 is 0 Å². The Labute approximate surface area is 166 Å². The number of halogens is 1. The molecule has 2 aromatic carbocycles. The predicted molar refractivity (Wildman–Crippen MR) is 108 cm³/mol. The Morgan fingerprint density at radius 3 is 2.26 bits per heavy atom. The van der Waals surface area contributed by atoms with E-state index in [0.717, 1.165) is 17.5 Å². The number of nitrogens with zero attached hydrogens (tertiary/aromatic N) is 1. The van der Waals surface area contributed by atoms with Crippen LogP contribution in [-0.4, -0.2) is 31.2 Å². The van der Waals surface area contributed by atoms with E-state index in [4.69, 9.17) is 11.6 Å². The molecule has 0 aromatic heterocycles. The zero-order valence-corrected chi connectivity index (χ0v) is 17.3. The maximum atomic E-state index is 13.1. The average molecular weight is 409 g/mol. The quantitative estimate of drug-likeness (QED) is 0.723. The topological polar surface area (TPSA) is 66.5 Å². The van der Waals surface area contributed by atoms with Crippen LogP contribution in [0, 0.1) is 6.92 Å². The van der Waals surface area contributed by atoms with E-state index in [1.807, 2.05) is 45.0 Å². The molecule has 0 aliphatic carbocycles. The van der Waals surface area contributed by atoms with Crippen LogP contribution in [0.4, 0.5) is 0 Å². The molecule has 0 heterocycles. The third-order valence-corrected chi connectivity index (χ3v) is 6.33. The second-order valence-electron chi connectivity index (χ2n) is 6.59. The van der Waals surface area contributed by atoms with Crippen molar-refractivity contribution in [1.82, 2.24) is 9.62 Å². The van der Waals surface area contributed by atoms with Crippen molar-refractivity contribution in [2.24, 2.45) is 0 Å². The van der Waals surface area contributed by atoms with E-state index in [1.165, 1.54) is 28.6 Å². The number of rotatable bonds is 8. The molecule has 2 aromatic rings. The van der Waals surface area contributed by atoms with E-state index in [-0.39, 0.29) is 29.9 Å². The second kappa shape index (κ2) is 9.35. The van der Waals surface area contributed by atoms with Crippen molar-refractivity contribution in [2.75, 3.05) is 6.54 Å². The second-order valence-corrected chi connectivity index (χ2v) is 8.96. The fourth-order valence-corrected chi connectivity index (χ4v) is 3.97. The first kappa shape index (κ1) is 21.4. The van der Waals surface area contributed by atoms with Crippen LogP contribution in [0.25, 0.3) is 0 Å². The highest BCUT2D eigenvalue weighted by Gasteiger charge is 2.27. The lowest BCUT2D eigenvalue weighted by molar-refractivity contribution is -0.122. The zero-order chi connectivity index (χ0) is 20.0. The summed E-state index contributed by atoms with van der Waals surface area (Å²) in [6.07, 6.45) is 0.771. The van der Waals surface area contributed by atoms with Gasteiger partial charge in [-0.2, -0.15) is 4.31 Å². The molecule has 1 amide bonds. The van der Waals surface area contributed by atoms with E-state index < -0.39 is 10.0 Å². The van der Waals surface area contributed by atoms with Gasteiger partial charge in [-0.1, -0.05) is 48.4 Å². The lowest BCUT2D eigenvalue weighted by Gasteiger charge is -2.23. The predicted octanol–water partition coefficient (Wildman–Crippen LogP) is 3.75. The van der Waals surface area contributed by atoms with Crippen molar-refractivity contribution in [3.8, 4) is 0 Å². The molecule has 1 atom stereocenters. The van der Waals surface area contributed by atoms with Gasteiger partial charge in [0.2, 0.25) is 15.9 Å². The highest BCUT2D eigenvalue weighted by atomic mass is 35.5. The van der Waals surface area contributed by atoms with Crippen LogP contribution in [0.1, 0.15) is 31.4 Å². The summed E-state index contributed by atoms with van der Waals surface area (Å²) in [5.74, 6) is -0.325. The Kier molecular flexibility index (Phi) is 7.41. The fourth-order valence-electron chi connectivity index (χ4n) is 2.46. The van der Waals surface area contributed by atoms with Crippen LogP contribution in [0.5, 0.6) is 0 Å². The van der Waals surface area contributed by atoms with Gasteiger partial charge in [0, 0.05) is 17.6 Å². The fraction of sp³-hybridized carbons (Fsp3) is 0.350. The number of benzene rings is 2. The van der Waals surface area contributed by atoms with Gasteiger partial charge in [0.05, 0.1) is 11.4 Å². The molecule has 0 bridgehead atoms. The third-order valence-electron chi connectivity index (χ3n) is 4.27. The summed E-state index contributed by atoms with van der Waals surface area (Å²) in [4.78, 5) is 12.5. The highest BCUT2D eigenvalue weighted by Crippen LogP contribution is 2.20. The molecule has 7 heteroatoms. The first-order valence-electron chi connectivity index (χ1n) is 8.83. The van der Waals surface area contributed by atoms with Crippen molar-refractivity contribution in [2.45, 2.75) is 44.7 Å². The molecular weight excluding hydrogens is 384 g/mol. The summed E-state index contributed by atoms with van der Waals surface area (Å²) < 4.78 is 27.4. The molecule has 0 saturated heterocycles. The van der Waals surface area contributed by atoms with E-state index in [9.17, 15) is 13.2 Å². The Bertz CT molecular complexity index is 865. The van der Waals surface area contributed by atoms with E-state index in [0.29, 0.717) is 5.02 Å². The SMILES string of the molecule is CC[C@H](C)NC(=O)CN(Cc1ccc(C)cc1)S(=O)(=O)c1ccc(Cl)cc1. The van der Waals surface area contributed by atoms with E-state index in [1.54, 1.807) is 0 Å². The smallest absolute Gasteiger partial charge is 0.243 e. The van der Waals surface area contributed by atoms with Crippen molar-refractivity contribution >= 4 is 27.5 Å². The van der Waals surface area contributed by atoms with Crippen molar-refractivity contribution in [3.05, 3.63) is 64.7 Å². The summed E-state index contributed by atoms with van der Waals surface area (Å²) >= 11 is 5.87. The van der Waals surface area contributed by atoms with Crippen LogP contribution in [0.15, 0.2) is 53.4 Å². The number of sulfonamides is 1. The van der Waals surface area contributed by atoms with Crippen molar-refractivity contribution in [3.63, 3.8) is 0 Å². The van der Waals surface area contributed by atoms with Gasteiger partial charge in [0.15, 0.2) is 0 Å². The van der Waals surface area contributed by atoms with E-state index in [2.05, 4.69) is 5.32 Å². The number of aryl methyl sites for hydroxylation is 1. The van der Waals surface area contributed by atoms with Crippen LogP contribution in [-0.2, 0) is 21.4 Å². The summed E-state index contributed by atoms with van der Waals surface area (Å²) in [5.41, 5.74) is 1.90. The highest BCUT2D eigenvalue weighted by molar-refractivity contribution is 7.89. The maximum absolute atomic E-state index is 13.1. The molecule has 27 heavy (non-hydrogen) atoms. The largest absolute Gasteiger partial charge is 0.353 e. The molecule has 0 saturated carbocycles. The Morgan fingerprint density at radius 2 is 1.70 bits per heavy atom. The molecular formula is C20H25ClN2O3S. The van der Waals surface area contributed by atoms with Crippen LogP contribution < -0.4 is 5.32 Å². The zero-order valence-electron chi connectivity index (χ0n) is 15.8. The molecule has 0 aliphatic heterocycles. The minimum Gasteiger partial charge on any atom is -0.353 e. The van der Waals surface area contributed by atoms with Gasteiger partial charge in [-0.05, 0) is 50.1 Å². The summed E-state index contributed by atoms with van der Waals surface area (Å²) in [6, 6.07) is 13.5. The Hall–Kier alpha value is -1.89. The third kappa shape index (κ3) is 6.06. The minimum atomic E-state index is -3.85. The minimum absolute atomic E-state index is 0.0167. The van der Waals surface area contributed by atoms with Gasteiger partial charge in [0.1, 0.15) is 0 Å². The lowest BCUT2D eigenvalue weighted by Crippen LogP contribution is -2.43. The monoisotopic (exact) mass is 408 g/mol. The number of carbonyl (C=O) groups excluding carboxylic acids is 1. The number of carbonyl (C=O) groups is 1. The van der Waals surface area contributed by atoms with Gasteiger partial charge < -0.3 is 5.32 Å². The average Bonchev–Trinajstić information content (AvgIpc) is 2.63. The molecule has 0 spiro atoms. The van der Waals surface area contributed by atoms with Gasteiger partial charge in [-0.25, -0.2) is 8.42 Å². The van der Waals surface area contributed by atoms with Gasteiger partial charge in [0.25, 0.3) is 0 Å².